The zero-order chi connectivity index (χ0) is 29.1. The van der Waals surface area contributed by atoms with Crippen molar-refractivity contribution in [1.82, 2.24) is 24.9 Å². The number of ether oxygens (including phenoxy) is 1. The Hall–Kier alpha value is -4.15. The molecule has 3 aromatic heterocycles. The maximum Gasteiger partial charge on any atom is 0.259 e. The zero-order valence-corrected chi connectivity index (χ0v) is 24.2. The van der Waals surface area contributed by atoms with Gasteiger partial charge in [-0.25, -0.2) is 4.98 Å². The van der Waals surface area contributed by atoms with Crippen molar-refractivity contribution in [1.29, 1.82) is 0 Å². The van der Waals surface area contributed by atoms with E-state index in [0.717, 1.165) is 48.4 Å². The summed E-state index contributed by atoms with van der Waals surface area (Å²) >= 11 is 0. The monoisotopic (exact) mass is 568 g/mol. The molecular formula is C32H36N6O4. The number of nitrogens with zero attached hydrogens (tertiary/aromatic N) is 6. The molecular weight excluding hydrogens is 532 g/mol. The van der Waals surface area contributed by atoms with Crippen LogP contribution in [-0.2, 0) is 22.6 Å². The molecule has 0 unspecified atom stereocenters. The summed E-state index contributed by atoms with van der Waals surface area (Å²) in [5, 5.41) is 4.80. The highest BCUT2D eigenvalue weighted by Crippen LogP contribution is 2.40. The van der Waals surface area contributed by atoms with Crippen molar-refractivity contribution in [3.05, 3.63) is 82.9 Å². The van der Waals surface area contributed by atoms with Gasteiger partial charge in [-0.3, -0.25) is 19.5 Å². The standard InChI is InChI=1S/C32H36N6O4/c1-22-30-26(18-27(23-11-12-23)34-31(30)42-35-22)32(40)37-17-16-36(20-25-9-5-6-13-33-25)14-7-15-38(29(39)21-41-2)28-10-4-3-8-24(28)19-37/h3-6,8-10,13,18,23H,7,11-12,14-17,19-21H2,1-2H3. The topological polar surface area (TPSA) is 105 Å². The first-order chi connectivity index (χ1) is 20.5. The Balaban J connectivity index is 1.39. The van der Waals surface area contributed by atoms with E-state index in [1.165, 1.54) is 7.11 Å². The van der Waals surface area contributed by atoms with E-state index in [0.29, 0.717) is 61.0 Å². The normalized spacial score (nSPS) is 16.7. The number of para-hydroxylation sites is 1. The molecule has 0 radical (unpaired) electrons. The fourth-order valence-electron chi connectivity index (χ4n) is 5.69. The van der Waals surface area contributed by atoms with Crippen LogP contribution in [-0.4, -0.2) is 76.6 Å². The van der Waals surface area contributed by atoms with Crippen LogP contribution in [0.5, 0.6) is 0 Å². The molecule has 0 atom stereocenters. The number of aromatic nitrogens is 3. The summed E-state index contributed by atoms with van der Waals surface area (Å²) in [5.74, 6) is 0.143. The van der Waals surface area contributed by atoms with E-state index in [-0.39, 0.29) is 18.4 Å². The number of hydrogen-bond acceptors (Lipinski definition) is 8. The maximum atomic E-state index is 14.5. The average Bonchev–Trinajstić information content (AvgIpc) is 3.79. The fourth-order valence-corrected chi connectivity index (χ4v) is 5.69. The quantitative estimate of drug-likeness (QED) is 0.339. The van der Waals surface area contributed by atoms with Gasteiger partial charge in [0.15, 0.2) is 0 Å². The minimum atomic E-state index is -0.108. The number of pyridine rings is 2. The lowest BCUT2D eigenvalue weighted by molar-refractivity contribution is -0.122. The summed E-state index contributed by atoms with van der Waals surface area (Å²) in [4.78, 5) is 43.0. The van der Waals surface area contributed by atoms with Crippen LogP contribution in [0.1, 0.15) is 58.2 Å². The van der Waals surface area contributed by atoms with Crippen LogP contribution in [0.3, 0.4) is 0 Å². The molecule has 2 aliphatic rings. The number of methoxy groups -OCH3 is 1. The Morgan fingerprint density at radius 3 is 2.67 bits per heavy atom. The van der Waals surface area contributed by atoms with E-state index in [9.17, 15) is 9.59 Å². The summed E-state index contributed by atoms with van der Waals surface area (Å²) in [6.07, 6.45) is 4.68. The number of amides is 2. The number of aryl methyl sites for hydroxylation is 1. The molecule has 0 N–H and O–H groups in total. The fraction of sp³-hybridized carbons (Fsp3) is 0.406. The third-order valence-electron chi connectivity index (χ3n) is 8.02. The molecule has 4 aromatic rings. The summed E-state index contributed by atoms with van der Waals surface area (Å²) in [6, 6.07) is 15.7. The molecule has 10 nitrogen and oxygen atoms in total. The summed E-state index contributed by atoms with van der Waals surface area (Å²) in [7, 11) is 1.53. The Labute approximate surface area is 245 Å². The molecule has 0 spiro atoms. The van der Waals surface area contributed by atoms with Crippen LogP contribution in [0, 0.1) is 6.92 Å². The van der Waals surface area contributed by atoms with Crippen LogP contribution >= 0.6 is 0 Å². The van der Waals surface area contributed by atoms with Crippen LogP contribution in [0.2, 0.25) is 0 Å². The lowest BCUT2D eigenvalue weighted by atomic mass is 10.1. The third-order valence-corrected chi connectivity index (χ3v) is 8.02. The smallest absolute Gasteiger partial charge is 0.259 e. The second-order valence-electron chi connectivity index (χ2n) is 11.1. The highest BCUT2D eigenvalue weighted by atomic mass is 16.5. The Bertz CT molecular complexity index is 1570. The Morgan fingerprint density at radius 2 is 1.88 bits per heavy atom. The first-order valence-corrected chi connectivity index (χ1v) is 14.6. The van der Waals surface area contributed by atoms with Crippen LogP contribution in [0.25, 0.3) is 11.1 Å². The van der Waals surface area contributed by atoms with E-state index in [4.69, 9.17) is 14.2 Å². The first kappa shape index (κ1) is 28.0. The number of carbonyl (C=O) groups is 2. The van der Waals surface area contributed by atoms with Crippen LogP contribution < -0.4 is 4.90 Å². The summed E-state index contributed by atoms with van der Waals surface area (Å²) in [5.41, 5.74) is 5.18. The zero-order valence-electron chi connectivity index (χ0n) is 24.2. The number of benzene rings is 1. The van der Waals surface area contributed by atoms with Gasteiger partial charge in [-0.15, -0.1) is 0 Å². The summed E-state index contributed by atoms with van der Waals surface area (Å²) < 4.78 is 10.8. The average molecular weight is 569 g/mol. The van der Waals surface area contributed by atoms with Crippen molar-refractivity contribution in [2.24, 2.45) is 0 Å². The van der Waals surface area contributed by atoms with Gasteiger partial charge in [0.25, 0.3) is 17.5 Å². The minimum Gasteiger partial charge on any atom is -0.375 e. The van der Waals surface area contributed by atoms with Crippen molar-refractivity contribution in [3.8, 4) is 0 Å². The Kier molecular flexibility index (Phi) is 8.25. The van der Waals surface area contributed by atoms with Crippen molar-refractivity contribution in [3.63, 3.8) is 0 Å². The van der Waals surface area contributed by atoms with E-state index in [1.54, 1.807) is 11.1 Å². The van der Waals surface area contributed by atoms with Gasteiger partial charge < -0.3 is 19.1 Å². The number of hydrogen-bond donors (Lipinski definition) is 0. The molecule has 10 heteroatoms. The molecule has 1 aliphatic carbocycles. The second-order valence-corrected chi connectivity index (χ2v) is 11.1. The van der Waals surface area contributed by atoms with E-state index in [2.05, 4.69) is 15.0 Å². The van der Waals surface area contributed by atoms with Crippen molar-refractivity contribution >= 4 is 28.6 Å². The lowest BCUT2D eigenvalue weighted by Crippen LogP contribution is -2.38. The molecule has 1 aliphatic heterocycles. The number of anilines is 1. The van der Waals surface area contributed by atoms with Crippen molar-refractivity contribution < 1.29 is 18.8 Å². The van der Waals surface area contributed by atoms with E-state index in [1.807, 2.05) is 60.4 Å². The number of rotatable bonds is 6. The van der Waals surface area contributed by atoms with Gasteiger partial charge in [0, 0.05) is 69.9 Å². The van der Waals surface area contributed by atoms with Gasteiger partial charge in [-0.2, -0.15) is 0 Å². The largest absolute Gasteiger partial charge is 0.375 e. The van der Waals surface area contributed by atoms with E-state index < -0.39 is 0 Å². The third kappa shape index (κ3) is 6.05. The van der Waals surface area contributed by atoms with Gasteiger partial charge in [0.2, 0.25) is 0 Å². The summed E-state index contributed by atoms with van der Waals surface area (Å²) in [6.45, 7) is 5.27. The highest BCUT2D eigenvalue weighted by Gasteiger charge is 2.31. The maximum absolute atomic E-state index is 14.5. The van der Waals surface area contributed by atoms with Gasteiger partial charge in [-0.05, 0) is 56.0 Å². The molecule has 2 amide bonds. The Morgan fingerprint density at radius 1 is 1.05 bits per heavy atom. The number of fused-ring (bicyclic) bond motifs is 2. The highest BCUT2D eigenvalue weighted by molar-refractivity contribution is 6.06. The van der Waals surface area contributed by atoms with Crippen LogP contribution in [0.4, 0.5) is 5.69 Å². The molecule has 218 valence electrons. The van der Waals surface area contributed by atoms with Crippen molar-refractivity contribution in [2.45, 2.75) is 45.2 Å². The second kappa shape index (κ2) is 12.4. The van der Waals surface area contributed by atoms with E-state index >= 15 is 0 Å². The molecule has 1 aromatic carbocycles. The molecule has 42 heavy (non-hydrogen) atoms. The number of carbonyl (C=O) groups excluding carboxylic acids is 2. The van der Waals surface area contributed by atoms with Gasteiger partial charge in [0.05, 0.1) is 22.3 Å². The van der Waals surface area contributed by atoms with Gasteiger partial charge >= 0.3 is 0 Å². The van der Waals surface area contributed by atoms with Gasteiger partial charge in [-0.1, -0.05) is 29.4 Å². The molecule has 4 heterocycles. The van der Waals surface area contributed by atoms with Crippen LogP contribution in [0.15, 0.2) is 59.3 Å². The van der Waals surface area contributed by atoms with Crippen molar-refractivity contribution in [2.75, 3.05) is 44.8 Å². The lowest BCUT2D eigenvalue weighted by Gasteiger charge is -2.28. The predicted molar refractivity (Wildman–Crippen MR) is 158 cm³/mol. The molecule has 0 saturated heterocycles. The molecule has 0 bridgehead atoms. The molecule has 1 saturated carbocycles. The molecule has 1 fully saturated rings. The SMILES string of the molecule is COCC(=O)N1CCCN(Cc2ccccn2)CCN(C(=O)c2cc(C3CC3)nc3onc(C)c23)Cc2ccccc21. The first-order valence-electron chi connectivity index (χ1n) is 14.6. The molecule has 6 rings (SSSR count). The predicted octanol–water partition coefficient (Wildman–Crippen LogP) is 4.33. The van der Waals surface area contributed by atoms with Gasteiger partial charge in [0.1, 0.15) is 6.61 Å². The minimum absolute atomic E-state index is 0.0136.